The van der Waals surface area contributed by atoms with Crippen LogP contribution in [0.3, 0.4) is 0 Å². The van der Waals surface area contributed by atoms with Gasteiger partial charge in [0.15, 0.2) is 0 Å². The van der Waals surface area contributed by atoms with Crippen LogP contribution < -0.4 is 0 Å². The van der Waals surface area contributed by atoms with Crippen LogP contribution in [-0.2, 0) is 11.2 Å². The van der Waals surface area contributed by atoms with Crippen LogP contribution in [0.25, 0.3) is 0 Å². The van der Waals surface area contributed by atoms with Crippen molar-refractivity contribution in [2.75, 3.05) is 19.6 Å². The Labute approximate surface area is 112 Å². The lowest BCUT2D eigenvalue weighted by atomic mass is 9.82. The Morgan fingerprint density at radius 2 is 2.44 bits per heavy atom. The Balaban J connectivity index is 1.90. The Kier molecular flexibility index (Phi) is 4.02. The highest BCUT2D eigenvalue weighted by Crippen LogP contribution is 2.29. The minimum Gasteiger partial charge on any atom is -0.481 e. The number of carbonyl (C=O) groups is 1. The molecule has 1 unspecified atom stereocenters. The molecule has 1 saturated heterocycles. The summed E-state index contributed by atoms with van der Waals surface area (Å²) in [6.45, 7) is 6.51. The van der Waals surface area contributed by atoms with Gasteiger partial charge in [-0.05, 0) is 39.7 Å². The van der Waals surface area contributed by atoms with Crippen molar-refractivity contribution in [3.05, 3.63) is 16.1 Å². The lowest BCUT2D eigenvalue weighted by Crippen LogP contribution is -2.46. The van der Waals surface area contributed by atoms with Crippen LogP contribution in [-0.4, -0.2) is 40.6 Å². The highest BCUT2D eigenvalue weighted by atomic mass is 32.1. The minimum absolute atomic E-state index is 0.568. The van der Waals surface area contributed by atoms with E-state index in [4.69, 9.17) is 0 Å². The number of carboxylic acids is 1. The number of aromatic nitrogens is 1. The summed E-state index contributed by atoms with van der Waals surface area (Å²) >= 11 is 1.69. The maximum atomic E-state index is 11.3. The SMILES string of the molecule is Cc1ncsc1CCN1CCCC(C)(C(=O)O)C1. The molecular formula is C13H20N2O2S. The van der Waals surface area contributed by atoms with Crippen LogP contribution in [0.4, 0.5) is 0 Å². The van der Waals surface area contributed by atoms with Crippen molar-refractivity contribution in [1.82, 2.24) is 9.88 Å². The molecule has 1 aliphatic heterocycles. The molecule has 2 heterocycles. The van der Waals surface area contributed by atoms with Gasteiger partial charge in [0.25, 0.3) is 0 Å². The zero-order chi connectivity index (χ0) is 13.2. The lowest BCUT2D eigenvalue weighted by Gasteiger charge is -2.37. The van der Waals surface area contributed by atoms with Gasteiger partial charge in [0.2, 0.25) is 0 Å². The van der Waals surface area contributed by atoms with Gasteiger partial charge in [-0.15, -0.1) is 11.3 Å². The third-order valence-corrected chi connectivity index (χ3v) is 4.79. The summed E-state index contributed by atoms with van der Waals surface area (Å²) in [6.07, 6.45) is 2.75. The fraction of sp³-hybridized carbons (Fsp3) is 0.692. The van der Waals surface area contributed by atoms with Gasteiger partial charge in [0.05, 0.1) is 16.6 Å². The maximum absolute atomic E-state index is 11.3. The first-order valence-corrected chi connectivity index (χ1v) is 7.24. The summed E-state index contributed by atoms with van der Waals surface area (Å²) in [6, 6.07) is 0. The van der Waals surface area contributed by atoms with E-state index in [9.17, 15) is 9.90 Å². The van der Waals surface area contributed by atoms with Crippen molar-refractivity contribution < 1.29 is 9.90 Å². The first-order chi connectivity index (χ1) is 8.51. The number of carboxylic acid groups (broad SMARTS) is 1. The molecule has 1 N–H and O–H groups in total. The first-order valence-electron chi connectivity index (χ1n) is 6.36. The number of nitrogens with zero attached hydrogens (tertiary/aromatic N) is 2. The Hall–Kier alpha value is -0.940. The zero-order valence-electron chi connectivity index (χ0n) is 11.0. The lowest BCUT2D eigenvalue weighted by molar-refractivity contribution is -0.151. The van der Waals surface area contributed by atoms with Gasteiger partial charge in [0, 0.05) is 18.0 Å². The van der Waals surface area contributed by atoms with Gasteiger partial charge in [-0.25, -0.2) is 4.98 Å². The molecule has 5 heteroatoms. The van der Waals surface area contributed by atoms with Crippen molar-refractivity contribution in [3.63, 3.8) is 0 Å². The molecule has 18 heavy (non-hydrogen) atoms. The van der Waals surface area contributed by atoms with E-state index >= 15 is 0 Å². The topological polar surface area (TPSA) is 53.4 Å². The number of likely N-dealkylation sites (tertiary alicyclic amines) is 1. The fourth-order valence-electron chi connectivity index (χ4n) is 2.54. The monoisotopic (exact) mass is 268 g/mol. The van der Waals surface area contributed by atoms with E-state index in [0.29, 0.717) is 6.54 Å². The van der Waals surface area contributed by atoms with Crippen LogP contribution >= 0.6 is 11.3 Å². The second-order valence-corrected chi connectivity index (χ2v) is 6.30. The van der Waals surface area contributed by atoms with E-state index in [1.807, 2.05) is 19.4 Å². The fourth-order valence-corrected chi connectivity index (χ4v) is 3.31. The molecule has 1 fully saturated rings. The number of aliphatic carboxylic acids is 1. The van der Waals surface area contributed by atoms with Gasteiger partial charge in [0.1, 0.15) is 0 Å². The van der Waals surface area contributed by atoms with Crippen LogP contribution in [0.15, 0.2) is 5.51 Å². The smallest absolute Gasteiger partial charge is 0.310 e. The van der Waals surface area contributed by atoms with Crippen molar-refractivity contribution >= 4 is 17.3 Å². The molecule has 1 aromatic rings. The summed E-state index contributed by atoms with van der Waals surface area (Å²) < 4.78 is 0. The van der Waals surface area contributed by atoms with E-state index in [1.54, 1.807) is 11.3 Å². The molecule has 1 aromatic heterocycles. The zero-order valence-corrected chi connectivity index (χ0v) is 11.8. The average molecular weight is 268 g/mol. The molecule has 0 saturated carbocycles. The number of thiazole rings is 1. The number of hydrogen-bond acceptors (Lipinski definition) is 4. The quantitative estimate of drug-likeness (QED) is 0.909. The molecule has 0 amide bonds. The Bertz CT molecular complexity index is 432. The second kappa shape index (κ2) is 5.36. The predicted octanol–water partition coefficient (Wildman–Crippen LogP) is 2.18. The highest BCUT2D eigenvalue weighted by Gasteiger charge is 2.37. The molecular weight excluding hydrogens is 248 g/mol. The summed E-state index contributed by atoms with van der Waals surface area (Å²) in [4.78, 5) is 19.1. The van der Waals surface area contributed by atoms with Gasteiger partial charge >= 0.3 is 5.97 Å². The third-order valence-electron chi connectivity index (χ3n) is 3.79. The normalized spacial score (nSPS) is 25.2. The summed E-state index contributed by atoms with van der Waals surface area (Å²) in [5, 5.41) is 9.28. The van der Waals surface area contributed by atoms with Gasteiger partial charge in [-0.2, -0.15) is 0 Å². The molecule has 0 bridgehead atoms. The number of hydrogen-bond donors (Lipinski definition) is 1. The van der Waals surface area contributed by atoms with E-state index in [-0.39, 0.29) is 0 Å². The van der Waals surface area contributed by atoms with Gasteiger partial charge in [-0.3, -0.25) is 4.79 Å². The molecule has 2 rings (SSSR count). The standard InChI is InChI=1S/C13H20N2O2S/c1-10-11(18-9-14-10)4-7-15-6-3-5-13(2,8-15)12(16)17/h9H,3-8H2,1-2H3,(H,16,17). The molecule has 0 aliphatic carbocycles. The largest absolute Gasteiger partial charge is 0.481 e. The maximum Gasteiger partial charge on any atom is 0.310 e. The van der Waals surface area contributed by atoms with Gasteiger partial charge in [-0.1, -0.05) is 0 Å². The van der Waals surface area contributed by atoms with Gasteiger partial charge < -0.3 is 10.0 Å². The Morgan fingerprint density at radius 3 is 3.06 bits per heavy atom. The van der Waals surface area contributed by atoms with Crippen molar-refractivity contribution in [3.8, 4) is 0 Å². The van der Waals surface area contributed by atoms with E-state index in [2.05, 4.69) is 9.88 Å². The molecule has 0 spiro atoms. The summed E-state index contributed by atoms with van der Waals surface area (Å²) in [5.74, 6) is -0.666. The highest BCUT2D eigenvalue weighted by molar-refractivity contribution is 7.09. The molecule has 1 aliphatic rings. The molecule has 1 atom stereocenters. The molecule has 0 radical (unpaired) electrons. The predicted molar refractivity (Wildman–Crippen MR) is 72.0 cm³/mol. The van der Waals surface area contributed by atoms with E-state index < -0.39 is 11.4 Å². The average Bonchev–Trinajstić information content (AvgIpc) is 2.72. The summed E-state index contributed by atoms with van der Waals surface area (Å²) in [7, 11) is 0. The molecule has 4 nitrogen and oxygen atoms in total. The van der Waals surface area contributed by atoms with Crippen LogP contribution in [0.5, 0.6) is 0 Å². The van der Waals surface area contributed by atoms with E-state index in [1.165, 1.54) is 4.88 Å². The number of rotatable bonds is 4. The van der Waals surface area contributed by atoms with Crippen molar-refractivity contribution in [2.24, 2.45) is 5.41 Å². The second-order valence-electron chi connectivity index (χ2n) is 5.36. The van der Waals surface area contributed by atoms with Crippen molar-refractivity contribution in [2.45, 2.75) is 33.1 Å². The number of aryl methyl sites for hydroxylation is 1. The number of piperidine rings is 1. The van der Waals surface area contributed by atoms with E-state index in [0.717, 1.165) is 38.0 Å². The summed E-state index contributed by atoms with van der Waals surface area (Å²) in [5.41, 5.74) is 2.42. The van der Waals surface area contributed by atoms with Crippen LogP contribution in [0, 0.1) is 12.3 Å². The molecule has 0 aromatic carbocycles. The Morgan fingerprint density at radius 1 is 1.67 bits per heavy atom. The van der Waals surface area contributed by atoms with Crippen LogP contribution in [0.1, 0.15) is 30.3 Å². The van der Waals surface area contributed by atoms with Crippen LogP contribution in [0.2, 0.25) is 0 Å². The third kappa shape index (κ3) is 2.90. The first kappa shape index (κ1) is 13.5. The molecule has 100 valence electrons. The van der Waals surface area contributed by atoms with Crippen molar-refractivity contribution in [1.29, 1.82) is 0 Å². The minimum atomic E-state index is -0.666.